The van der Waals surface area contributed by atoms with Crippen molar-refractivity contribution in [3.05, 3.63) is 18.2 Å². The fourth-order valence-electron chi connectivity index (χ4n) is 3.55. The highest BCUT2D eigenvalue weighted by atomic mass is 32.2. The van der Waals surface area contributed by atoms with Crippen LogP contribution in [0.1, 0.15) is 39.5 Å². The summed E-state index contributed by atoms with van der Waals surface area (Å²) in [6.45, 7) is 7.61. The molecule has 1 atom stereocenters. The Morgan fingerprint density at radius 1 is 1.14 bits per heavy atom. The summed E-state index contributed by atoms with van der Waals surface area (Å²) in [4.78, 5) is 14.9. The number of amides is 1. The summed E-state index contributed by atoms with van der Waals surface area (Å²) in [6, 6.07) is 5.09. The summed E-state index contributed by atoms with van der Waals surface area (Å²) < 4.78 is 33.1. The second kappa shape index (κ2) is 9.24. The molecule has 2 aliphatic rings. The van der Waals surface area contributed by atoms with Gasteiger partial charge in [-0.2, -0.15) is 4.31 Å². The maximum Gasteiger partial charge on any atom is 0.243 e. The maximum atomic E-state index is 13.1. The van der Waals surface area contributed by atoms with Crippen LogP contribution in [0.4, 0.5) is 11.4 Å². The lowest BCUT2D eigenvalue weighted by atomic mass is 10.1. The standard InChI is InChI=1S/C20H31N3O4S/c1-3-16(2)20(24)21-18-15-17(28(25,26)23-9-5-4-6-10-23)7-8-19(18)22-11-13-27-14-12-22/h7-8,15-16H,3-6,9-14H2,1-2H3,(H,21,24)/t16-/m1/s1. The summed E-state index contributed by atoms with van der Waals surface area (Å²) in [5, 5.41) is 2.97. The SMILES string of the molecule is CC[C@@H](C)C(=O)Nc1cc(S(=O)(=O)N2CCCCC2)ccc1N1CCOCC1. The van der Waals surface area contributed by atoms with Gasteiger partial charge in [0, 0.05) is 32.1 Å². The number of hydrogen-bond acceptors (Lipinski definition) is 5. The van der Waals surface area contributed by atoms with Gasteiger partial charge in [-0.3, -0.25) is 4.79 Å². The minimum absolute atomic E-state index is 0.0930. The largest absolute Gasteiger partial charge is 0.378 e. The van der Waals surface area contributed by atoms with Crippen molar-refractivity contribution in [2.24, 2.45) is 5.92 Å². The van der Waals surface area contributed by atoms with E-state index in [4.69, 9.17) is 4.74 Å². The number of nitrogens with zero attached hydrogens (tertiary/aromatic N) is 2. The van der Waals surface area contributed by atoms with Gasteiger partial charge in [-0.15, -0.1) is 0 Å². The minimum Gasteiger partial charge on any atom is -0.378 e. The van der Waals surface area contributed by atoms with E-state index in [1.807, 2.05) is 19.9 Å². The van der Waals surface area contributed by atoms with Crippen LogP contribution in [-0.2, 0) is 19.6 Å². The van der Waals surface area contributed by atoms with E-state index in [0.717, 1.165) is 31.4 Å². The molecular weight excluding hydrogens is 378 g/mol. The van der Waals surface area contributed by atoms with E-state index in [9.17, 15) is 13.2 Å². The molecule has 0 unspecified atom stereocenters. The molecule has 0 aliphatic carbocycles. The molecule has 1 amide bonds. The number of carbonyl (C=O) groups excluding carboxylic acids is 1. The molecule has 8 heteroatoms. The van der Waals surface area contributed by atoms with Gasteiger partial charge in [-0.05, 0) is 37.5 Å². The molecule has 3 rings (SSSR count). The Morgan fingerprint density at radius 3 is 2.46 bits per heavy atom. The van der Waals surface area contributed by atoms with Crippen LogP contribution in [0.5, 0.6) is 0 Å². The van der Waals surface area contributed by atoms with E-state index < -0.39 is 10.0 Å². The first-order chi connectivity index (χ1) is 13.4. The molecule has 0 saturated carbocycles. The molecule has 2 fully saturated rings. The Kier molecular flexibility index (Phi) is 6.95. The van der Waals surface area contributed by atoms with Gasteiger partial charge in [0.15, 0.2) is 0 Å². The number of nitrogens with one attached hydrogen (secondary N) is 1. The zero-order valence-corrected chi connectivity index (χ0v) is 17.6. The molecule has 156 valence electrons. The Bertz CT molecular complexity index is 785. The molecule has 2 saturated heterocycles. The highest BCUT2D eigenvalue weighted by Gasteiger charge is 2.28. The quantitative estimate of drug-likeness (QED) is 0.781. The third-order valence-corrected chi connectivity index (χ3v) is 7.49. The van der Waals surface area contributed by atoms with Crippen LogP contribution in [0.15, 0.2) is 23.1 Å². The number of anilines is 2. The number of sulfonamides is 1. The predicted molar refractivity (Wildman–Crippen MR) is 110 cm³/mol. The van der Waals surface area contributed by atoms with E-state index >= 15 is 0 Å². The van der Waals surface area contributed by atoms with Crippen molar-refractivity contribution >= 4 is 27.3 Å². The van der Waals surface area contributed by atoms with E-state index in [1.165, 1.54) is 0 Å². The number of benzene rings is 1. The number of morpholine rings is 1. The van der Waals surface area contributed by atoms with Gasteiger partial charge < -0.3 is 15.0 Å². The molecule has 28 heavy (non-hydrogen) atoms. The zero-order chi connectivity index (χ0) is 20.1. The van der Waals surface area contributed by atoms with E-state index in [-0.39, 0.29) is 16.7 Å². The summed E-state index contributed by atoms with van der Waals surface area (Å²) in [5.41, 5.74) is 1.41. The number of hydrogen-bond donors (Lipinski definition) is 1. The highest BCUT2D eigenvalue weighted by Crippen LogP contribution is 2.32. The first-order valence-electron chi connectivity index (χ1n) is 10.2. The highest BCUT2D eigenvalue weighted by molar-refractivity contribution is 7.89. The molecule has 2 aliphatic heterocycles. The van der Waals surface area contributed by atoms with Gasteiger partial charge >= 0.3 is 0 Å². The van der Waals surface area contributed by atoms with E-state index in [2.05, 4.69) is 10.2 Å². The summed E-state index contributed by atoms with van der Waals surface area (Å²) >= 11 is 0. The van der Waals surface area contributed by atoms with Crippen LogP contribution in [0.25, 0.3) is 0 Å². The number of piperidine rings is 1. The topological polar surface area (TPSA) is 79.0 Å². The van der Waals surface area contributed by atoms with Crippen LogP contribution in [0.2, 0.25) is 0 Å². The van der Waals surface area contributed by atoms with E-state index in [0.29, 0.717) is 45.1 Å². The molecule has 7 nitrogen and oxygen atoms in total. The third kappa shape index (κ3) is 4.67. The van der Waals surface area contributed by atoms with E-state index in [1.54, 1.807) is 16.4 Å². The van der Waals surface area contributed by atoms with Crippen LogP contribution >= 0.6 is 0 Å². The van der Waals surface area contributed by atoms with Crippen LogP contribution in [0, 0.1) is 5.92 Å². The molecule has 0 radical (unpaired) electrons. The molecule has 1 aromatic rings. The van der Waals surface area contributed by atoms with Crippen molar-refractivity contribution in [1.29, 1.82) is 0 Å². The molecule has 1 N–H and O–H groups in total. The normalized spacial score (nSPS) is 20.0. The molecule has 0 spiro atoms. The van der Waals surface area contributed by atoms with Crippen molar-refractivity contribution in [2.75, 3.05) is 49.6 Å². The average Bonchev–Trinajstić information content (AvgIpc) is 2.74. The Hall–Kier alpha value is -1.64. The molecule has 2 heterocycles. The molecule has 0 bridgehead atoms. The van der Waals surface area contributed by atoms with Gasteiger partial charge in [0.2, 0.25) is 15.9 Å². The van der Waals surface area contributed by atoms with Gasteiger partial charge in [0.05, 0.1) is 29.5 Å². The lowest BCUT2D eigenvalue weighted by Gasteiger charge is -2.31. The first-order valence-corrected chi connectivity index (χ1v) is 11.6. The van der Waals surface area contributed by atoms with Gasteiger partial charge in [0.1, 0.15) is 0 Å². The van der Waals surface area contributed by atoms with Crippen molar-refractivity contribution in [3.8, 4) is 0 Å². The van der Waals surface area contributed by atoms with Gasteiger partial charge in [-0.1, -0.05) is 20.3 Å². The lowest BCUT2D eigenvalue weighted by Crippen LogP contribution is -2.37. The second-order valence-electron chi connectivity index (χ2n) is 7.54. The van der Waals surface area contributed by atoms with Gasteiger partial charge in [0.25, 0.3) is 0 Å². The number of ether oxygens (including phenoxy) is 1. The maximum absolute atomic E-state index is 13.1. The van der Waals surface area contributed by atoms with Crippen LogP contribution in [-0.4, -0.2) is 58.0 Å². The lowest BCUT2D eigenvalue weighted by molar-refractivity contribution is -0.119. The van der Waals surface area contributed by atoms with Crippen molar-refractivity contribution in [2.45, 2.75) is 44.4 Å². The zero-order valence-electron chi connectivity index (χ0n) is 16.8. The fraction of sp³-hybridized carbons (Fsp3) is 0.650. The molecule has 0 aromatic heterocycles. The number of carbonyl (C=O) groups is 1. The fourth-order valence-corrected chi connectivity index (χ4v) is 5.10. The smallest absolute Gasteiger partial charge is 0.243 e. The predicted octanol–water partition coefficient (Wildman–Crippen LogP) is 2.68. The number of rotatable bonds is 6. The Labute approximate surface area is 168 Å². The second-order valence-corrected chi connectivity index (χ2v) is 9.48. The third-order valence-electron chi connectivity index (χ3n) is 5.59. The Morgan fingerprint density at radius 2 is 1.82 bits per heavy atom. The van der Waals surface area contributed by atoms with Crippen LogP contribution in [0.3, 0.4) is 0 Å². The van der Waals surface area contributed by atoms with Gasteiger partial charge in [-0.25, -0.2) is 8.42 Å². The summed E-state index contributed by atoms with van der Waals surface area (Å²) in [7, 11) is -3.55. The summed E-state index contributed by atoms with van der Waals surface area (Å²) in [5.74, 6) is -0.232. The molecule has 1 aromatic carbocycles. The van der Waals surface area contributed by atoms with Crippen molar-refractivity contribution in [1.82, 2.24) is 4.31 Å². The average molecular weight is 410 g/mol. The van der Waals surface area contributed by atoms with Crippen molar-refractivity contribution < 1.29 is 17.9 Å². The minimum atomic E-state index is -3.55. The molecular formula is C20H31N3O4S. The Balaban J connectivity index is 1.94. The summed E-state index contributed by atoms with van der Waals surface area (Å²) in [6.07, 6.45) is 3.58. The van der Waals surface area contributed by atoms with Crippen LogP contribution < -0.4 is 10.2 Å². The first kappa shape index (κ1) is 21.1. The monoisotopic (exact) mass is 409 g/mol. The van der Waals surface area contributed by atoms with Crippen molar-refractivity contribution in [3.63, 3.8) is 0 Å².